The molecule has 0 bridgehead atoms. The van der Waals surface area contributed by atoms with Crippen LogP contribution in [0.2, 0.25) is 0 Å². The van der Waals surface area contributed by atoms with Crippen molar-refractivity contribution in [3.63, 3.8) is 0 Å². The highest BCUT2D eigenvalue weighted by atomic mass is 16.1. The number of nitrogens with one attached hydrogen (secondary N) is 1. The summed E-state index contributed by atoms with van der Waals surface area (Å²) >= 11 is 0. The molecule has 0 unspecified atom stereocenters. The molecule has 2 heteroatoms. The molecule has 0 spiro atoms. The van der Waals surface area contributed by atoms with Gasteiger partial charge < -0.3 is 5.32 Å². The molecule has 102 valence electrons. The van der Waals surface area contributed by atoms with Crippen molar-refractivity contribution in [1.82, 2.24) is 0 Å². The standard InChI is InChI=1S/C19H15NO/c21-14-15-10-12-17(13-11-15)20-19-9-5-4-8-18(19)16-6-2-1-3-7-16/h1-14,20H. The van der Waals surface area contributed by atoms with Crippen LogP contribution in [0.3, 0.4) is 0 Å². The van der Waals surface area contributed by atoms with Crippen LogP contribution in [-0.4, -0.2) is 6.29 Å². The minimum Gasteiger partial charge on any atom is -0.355 e. The molecule has 2 nitrogen and oxygen atoms in total. The predicted octanol–water partition coefficient (Wildman–Crippen LogP) is 4.91. The van der Waals surface area contributed by atoms with Crippen molar-refractivity contribution in [3.8, 4) is 11.1 Å². The largest absolute Gasteiger partial charge is 0.355 e. The molecule has 3 rings (SSSR count). The molecule has 0 atom stereocenters. The Morgan fingerprint density at radius 3 is 2.10 bits per heavy atom. The van der Waals surface area contributed by atoms with E-state index >= 15 is 0 Å². The fourth-order valence-corrected chi connectivity index (χ4v) is 2.26. The molecule has 0 amide bonds. The van der Waals surface area contributed by atoms with Crippen molar-refractivity contribution in [2.75, 3.05) is 5.32 Å². The van der Waals surface area contributed by atoms with Crippen LogP contribution in [0.5, 0.6) is 0 Å². The SMILES string of the molecule is O=Cc1ccc(Nc2ccccc2-c2ccccc2)cc1. The summed E-state index contributed by atoms with van der Waals surface area (Å²) in [7, 11) is 0. The van der Waals surface area contributed by atoms with E-state index in [1.165, 1.54) is 5.56 Å². The highest BCUT2D eigenvalue weighted by Crippen LogP contribution is 2.29. The molecule has 0 aliphatic heterocycles. The first-order chi connectivity index (χ1) is 10.4. The maximum atomic E-state index is 10.7. The van der Waals surface area contributed by atoms with E-state index in [1.54, 1.807) is 12.1 Å². The van der Waals surface area contributed by atoms with E-state index in [0.717, 1.165) is 23.2 Å². The lowest BCUT2D eigenvalue weighted by atomic mass is 10.0. The number of hydrogen-bond acceptors (Lipinski definition) is 2. The van der Waals surface area contributed by atoms with Gasteiger partial charge in [-0.25, -0.2) is 0 Å². The van der Waals surface area contributed by atoms with Gasteiger partial charge in [0.05, 0.1) is 0 Å². The second-order valence-electron chi connectivity index (χ2n) is 4.78. The highest BCUT2D eigenvalue weighted by molar-refractivity contribution is 5.82. The number of carbonyl (C=O) groups excluding carboxylic acids is 1. The maximum Gasteiger partial charge on any atom is 0.150 e. The summed E-state index contributed by atoms with van der Waals surface area (Å²) in [5, 5.41) is 3.41. The molecular weight excluding hydrogens is 258 g/mol. The zero-order valence-electron chi connectivity index (χ0n) is 11.5. The molecule has 1 N–H and O–H groups in total. The molecular formula is C19H15NO. The van der Waals surface area contributed by atoms with Crippen molar-refractivity contribution < 1.29 is 4.79 Å². The fourth-order valence-electron chi connectivity index (χ4n) is 2.26. The van der Waals surface area contributed by atoms with Gasteiger partial charge in [-0.15, -0.1) is 0 Å². The van der Waals surface area contributed by atoms with Crippen molar-refractivity contribution in [1.29, 1.82) is 0 Å². The van der Waals surface area contributed by atoms with Gasteiger partial charge in [0, 0.05) is 22.5 Å². The molecule has 0 radical (unpaired) electrons. The average Bonchev–Trinajstić information content (AvgIpc) is 2.57. The summed E-state index contributed by atoms with van der Waals surface area (Å²) < 4.78 is 0. The Hall–Kier alpha value is -2.87. The van der Waals surface area contributed by atoms with Crippen molar-refractivity contribution in [3.05, 3.63) is 84.4 Å². The van der Waals surface area contributed by atoms with Crippen LogP contribution >= 0.6 is 0 Å². The molecule has 0 saturated carbocycles. The zero-order valence-corrected chi connectivity index (χ0v) is 11.5. The van der Waals surface area contributed by atoms with Crippen LogP contribution in [0.25, 0.3) is 11.1 Å². The van der Waals surface area contributed by atoms with E-state index < -0.39 is 0 Å². The summed E-state index contributed by atoms with van der Waals surface area (Å²) in [6.07, 6.45) is 0.849. The lowest BCUT2D eigenvalue weighted by Gasteiger charge is -2.12. The molecule has 3 aromatic carbocycles. The number of para-hydroxylation sites is 1. The van der Waals surface area contributed by atoms with Crippen LogP contribution in [0.4, 0.5) is 11.4 Å². The van der Waals surface area contributed by atoms with Crippen molar-refractivity contribution >= 4 is 17.7 Å². The Morgan fingerprint density at radius 2 is 1.38 bits per heavy atom. The number of aldehydes is 1. The first-order valence-electron chi connectivity index (χ1n) is 6.83. The van der Waals surface area contributed by atoms with Crippen molar-refractivity contribution in [2.45, 2.75) is 0 Å². The lowest BCUT2D eigenvalue weighted by Crippen LogP contribution is -1.93. The number of carbonyl (C=O) groups is 1. The van der Waals surface area contributed by atoms with Gasteiger partial charge >= 0.3 is 0 Å². The normalized spacial score (nSPS) is 10.1. The van der Waals surface area contributed by atoms with E-state index in [9.17, 15) is 4.79 Å². The molecule has 0 saturated heterocycles. The molecule has 0 aliphatic carbocycles. The first kappa shape index (κ1) is 13.1. The quantitative estimate of drug-likeness (QED) is 0.684. The number of benzene rings is 3. The van der Waals surface area contributed by atoms with E-state index in [1.807, 2.05) is 42.5 Å². The summed E-state index contributed by atoms with van der Waals surface area (Å²) in [6.45, 7) is 0. The van der Waals surface area contributed by atoms with Gasteiger partial charge in [-0.3, -0.25) is 4.79 Å². The van der Waals surface area contributed by atoms with Gasteiger partial charge in [0.25, 0.3) is 0 Å². The molecule has 0 aliphatic rings. The van der Waals surface area contributed by atoms with E-state index in [2.05, 4.69) is 29.6 Å². The summed E-state index contributed by atoms with van der Waals surface area (Å²) in [4.78, 5) is 10.7. The van der Waals surface area contributed by atoms with Gasteiger partial charge in [-0.2, -0.15) is 0 Å². The number of rotatable bonds is 4. The van der Waals surface area contributed by atoms with Crippen LogP contribution in [-0.2, 0) is 0 Å². The van der Waals surface area contributed by atoms with Gasteiger partial charge in [0.15, 0.2) is 0 Å². The lowest BCUT2D eigenvalue weighted by molar-refractivity contribution is 0.112. The molecule has 0 aromatic heterocycles. The monoisotopic (exact) mass is 273 g/mol. The zero-order chi connectivity index (χ0) is 14.5. The number of hydrogen-bond donors (Lipinski definition) is 1. The fraction of sp³-hybridized carbons (Fsp3) is 0. The predicted molar refractivity (Wildman–Crippen MR) is 87.0 cm³/mol. The maximum absolute atomic E-state index is 10.7. The summed E-state index contributed by atoms with van der Waals surface area (Å²) in [6, 6.07) is 25.9. The van der Waals surface area contributed by atoms with Crippen LogP contribution in [0, 0.1) is 0 Å². The van der Waals surface area contributed by atoms with Crippen molar-refractivity contribution in [2.24, 2.45) is 0 Å². The summed E-state index contributed by atoms with van der Waals surface area (Å²) in [5.74, 6) is 0. The Balaban J connectivity index is 1.93. The first-order valence-corrected chi connectivity index (χ1v) is 6.83. The van der Waals surface area contributed by atoms with Gasteiger partial charge in [-0.1, -0.05) is 48.5 Å². The molecule has 3 aromatic rings. The second-order valence-corrected chi connectivity index (χ2v) is 4.78. The van der Waals surface area contributed by atoms with Gasteiger partial charge in [0.1, 0.15) is 6.29 Å². The van der Waals surface area contributed by atoms with Crippen LogP contribution in [0.1, 0.15) is 10.4 Å². The Labute approximate surface area is 124 Å². The Kier molecular flexibility index (Phi) is 3.79. The van der Waals surface area contributed by atoms with Crippen LogP contribution in [0.15, 0.2) is 78.9 Å². The topological polar surface area (TPSA) is 29.1 Å². The van der Waals surface area contributed by atoms with E-state index in [0.29, 0.717) is 5.56 Å². The Morgan fingerprint density at radius 1 is 0.714 bits per heavy atom. The number of anilines is 2. The molecule has 0 heterocycles. The summed E-state index contributed by atoms with van der Waals surface area (Å²) in [5.41, 5.74) is 5.01. The highest BCUT2D eigenvalue weighted by Gasteiger charge is 2.04. The third-order valence-electron chi connectivity index (χ3n) is 3.34. The van der Waals surface area contributed by atoms with Gasteiger partial charge in [0.2, 0.25) is 0 Å². The smallest absolute Gasteiger partial charge is 0.150 e. The minimum absolute atomic E-state index is 0.678. The average molecular weight is 273 g/mol. The Bertz CT molecular complexity index is 733. The minimum atomic E-state index is 0.678. The third kappa shape index (κ3) is 3.00. The second kappa shape index (κ2) is 6.06. The molecule has 21 heavy (non-hydrogen) atoms. The van der Waals surface area contributed by atoms with E-state index in [-0.39, 0.29) is 0 Å². The molecule has 0 fully saturated rings. The third-order valence-corrected chi connectivity index (χ3v) is 3.34. The van der Waals surface area contributed by atoms with E-state index in [4.69, 9.17) is 0 Å². The van der Waals surface area contributed by atoms with Gasteiger partial charge in [-0.05, 0) is 35.9 Å². The van der Waals surface area contributed by atoms with Crippen LogP contribution < -0.4 is 5.32 Å².